The molecule has 1 aliphatic rings. The summed E-state index contributed by atoms with van der Waals surface area (Å²) in [6.45, 7) is 11.4. The fraction of sp³-hybridized carbons (Fsp3) is 0.929. The molecule has 1 amide bonds. The van der Waals surface area contributed by atoms with E-state index < -0.39 is 5.60 Å². The Morgan fingerprint density at radius 1 is 1.33 bits per heavy atom. The van der Waals surface area contributed by atoms with Gasteiger partial charge in [0.05, 0.1) is 0 Å². The molecule has 0 bridgehead atoms. The topological polar surface area (TPSA) is 49.8 Å². The van der Waals surface area contributed by atoms with Crippen molar-refractivity contribution in [1.29, 1.82) is 0 Å². The Labute approximate surface area is 110 Å². The maximum atomic E-state index is 12.0. The zero-order chi connectivity index (χ0) is 13.9. The molecule has 0 aliphatic carbocycles. The quantitative estimate of drug-likeness (QED) is 0.845. The van der Waals surface area contributed by atoms with Crippen LogP contribution in [0.5, 0.6) is 0 Å². The molecule has 18 heavy (non-hydrogen) atoms. The summed E-state index contributed by atoms with van der Waals surface area (Å²) in [7, 11) is 0. The van der Waals surface area contributed by atoms with Crippen LogP contribution in [0.3, 0.4) is 0 Å². The summed E-state index contributed by atoms with van der Waals surface area (Å²) >= 11 is 0. The van der Waals surface area contributed by atoms with Crippen LogP contribution in [0.1, 0.15) is 41.0 Å². The van der Waals surface area contributed by atoms with E-state index in [4.69, 9.17) is 4.74 Å². The second kappa shape index (κ2) is 5.91. The van der Waals surface area contributed by atoms with Crippen molar-refractivity contribution in [3.8, 4) is 0 Å². The molecule has 0 radical (unpaired) electrons. The highest BCUT2D eigenvalue weighted by atomic mass is 16.6. The summed E-state index contributed by atoms with van der Waals surface area (Å²) in [5.74, 6) is 1.17. The van der Waals surface area contributed by atoms with Crippen LogP contribution in [0, 0.1) is 17.8 Å². The summed E-state index contributed by atoms with van der Waals surface area (Å²) < 4.78 is 5.37. The van der Waals surface area contributed by atoms with Crippen LogP contribution >= 0.6 is 0 Å². The number of nitrogens with zero attached hydrogens (tertiary/aromatic N) is 1. The average Bonchev–Trinajstić information content (AvgIpc) is 2.57. The number of ether oxygens (including phenoxy) is 1. The van der Waals surface area contributed by atoms with Gasteiger partial charge in [0, 0.05) is 25.6 Å². The van der Waals surface area contributed by atoms with E-state index in [9.17, 15) is 9.90 Å². The zero-order valence-electron chi connectivity index (χ0n) is 12.3. The second-order valence-electron chi connectivity index (χ2n) is 6.72. The fourth-order valence-corrected chi connectivity index (χ4v) is 2.49. The Kier molecular flexibility index (Phi) is 5.02. The van der Waals surface area contributed by atoms with E-state index >= 15 is 0 Å². The smallest absolute Gasteiger partial charge is 0.410 e. The molecule has 4 nitrogen and oxygen atoms in total. The van der Waals surface area contributed by atoms with Gasteiger partial charge in [0.25, 0.3) is 0 Å². The van der Waals surface area contributed by atoms with Gasteiger partial charge in [-0.25, -0.2) is 4.79 Å². The number of carbonyl (C=O) groups excluding carboxylic acids is 1. The molecule has 1 heterocycles. The number of amides is 1. The highest BCUT2D eigenvalue weighted by Crippen LogP contribution is 2.29. The first-order chi connectivity index (χ1) is 8.23. The molecule has 2 atom stereocenters. The van der Waals surface area contributed by atoms with Crippen molar-refractivity contribution in [2.75, 3.05) is 19.7 Å². The van der Waals surface area contributed by atoms with Gasteiger partial charge in [0.15, 0.2) is 0 Å². The van der Waals surface area contributed by atoms with Crippen molar-refractivity contribution in [2.24, 2.45) is 17.8 Å². The second-order valence-corrected chi connectivity index (χ2v) is 6.72. The zero-order valence-corrected chi connectivity index (χ0v) is 12.3. The van der Waals surface area contributed by atoms with Gasteiger partial charge in [0.2, 0.25) is 0 Å². The van der Waals surface area contributed by atoms with Gasteiger partial charge in [-0.05, 0) is 39.0 Å². The SMILES string of the molecule is CC(C)C[C@@H]1CN(C(=O)OC(C)(C)C)C[C@H]1CO. The van der Waals surface area contributed by atoms with Gasteiger partial charge in [-0.3, -0.25) is 0 Å². The molecule has 4 heteroatoms. The van der Waals surface area contributed by atoms with Gasteiger partial charge < -0.3 is 14.7 Å². The van der Waals surface area contributed by atoms with Crippen molar-refractivity contribution in [1.82, 2.24) is 4.90 Å². The minimum atomic E-state index is -0.456. The minimum absolute atomic E-state index is 0.149. The molecule has 0 aromatic heterocycles. The maximum Gasteiger partial charge on any atom is 0.410 e. The number of hydrogen-bond donors (Lipinski definition) is 1. The Bertz CT molecular complexity index is 283. The van der Waals surface area contributed by atoms with Crippen LogP contribution in [0.2, 0.25) is 0 Å². The number of rotatable bonds is 3. The lowest BCUT2D eigenvalue weighted by Crippen LogP contribution is -2.35. The summed E-state index contributed by atoms with van der Waals surface area (Å²) in [5.41, 5.74) is -0.456. The summed E-state index contributed by atoms with van der Waals surface area (Å²) in [6.07, 6.45) is 0.789. The van der Waals surface area contributed by atoms with Gasteiger partial charge in [-0.2, -0.15) is 0 Å². The predicted octanol–water partition coefficient (Wildman–Crippen LogP) is 2.51. The molecule has 1 N–H and O–H groups in total. The van der Waals surface area contributed by atoms with E-state index in [1.807, 2.05) is 20.8 Å². The van der Waals surface area contributed by atoms with Crippen LogP contribution in [0.15, 0.2) is 0 Å². The molecule has 0 unspecified atom stereocenters. The van der Waals surface area contributed by atoms with Crippen LogP contribution in [-0.2, 0) is 4.74 Å². The van der Waals surface area contributed by atoms with E-state index in [0.29, 0.717) is 24.9 Å². The molecule has 1 rings (SSSR count). The predicted molar refractivity (Wildman–Crippen MR) is 71.3 cm³/mol. The molecule has 0 aromatic rings. The lowest BCUT2D eigenvalue weighted by molar-refractivity contribution is 0.0280. The van der Waals surface area contributed by atoms with Gasteiger partial charge in [-0.15, -0.1) is 0 Å². The van der Waals surface area contributed by atoms with Gasteiger partial charge in [0.1, 0.15) is 5.60 Å². The van der Waals surface area contributed by atoms with E-state index in [2.05, 4.69) is 13.8 Å². The third-order valence-electron chi connectivity index (χ3n) is 3.24. The van der Waals surface area contributed by atoms with Gasteiger partial charge in [-0.1, -0.05) is 13.8 Å². The normalized spacial score (nSPS) is 24.7. The molecule has 1 saturated heterocycles. The molecule has 0 spiro atoms. The highest BCUT2D eigenvalue weighted by molar-refractivity contribution is 5.68. The third-order valence-corrected chi connectivity index (χ3v) is 3.24. The fourth-order valence-electron chi connectivity index (χ4n) is 2.49. The summed E-state index contributed by atoms with van der Waals surface area (Å²) in [4.78, 5) is 13.7. The first-order valence-corrected chi connectivity index (χ1v) is 6.81. The molecular formula is C14H27NO3. The van der Waals surface area contributed by atoms with Crippen LogP contribution in [0.25, 0.3) is 0 Å². The Morgan fingerprint density at radius 2 is 1.89 bits per heavy atom. The van der Waals surface area contributed by atoms with Crippen molar-refractivity contribution in [2.45, 2.75) is 46.6 Å². The summed E-state index contributed by atoms with van der Waals surface area (Å²) in [5, 5.41) is 9.40. The standard InChI is InChI=1S/C14H27NO3/c1-10(2)6-11-7-15(8-12(11)9-16)13(17)18-14(3,4)5/h10-12,16H,6-9H2,1-5H3/t11-,12+/m1/s1. The Balaban J connectivity index is 2.58. The molecule has 0 aromatic carbocycles. The molecule has 1 aliphatic heterocycles. The monoisotopic (exact) mass is 257 g/mol. The Morgan fingerprint density at radius 3 is 2.33 bits per heavy atom. The largest absolute Gasteiger partial charge is 0.444 e. The van der Waals surface area contributed by atoms with Crippen LogP contribution in [-0.4, -0.2) is 41.4 Å². The number of aliphatic hydroxyl groups excluding tert-OH is 1. The van der Waals surface area contributed by atoms with Crippen molar-refractivity contribution in [3.63, 3.8) is 0 Å². The van der Waals surface area contributed by atoms with Crippen molar-refractivity contribution < 1.29 is 14.6 Å². The van der Waals surface area contributed by atoms with Crippen LogP contribution < -0.4 is 0 Å². The minimum Gasteiger partial charge on any atom is -0.444 e. The lowest BCUT2D eigenvalue weighted by Gasteiger charge is -2.24. The number of likely N-dealkylation sites (tertiary alicyclic amines) is 1. The maximum absolute atomic E-state index is 12.0. The van der Waals surface area contributed by atoms with Gasteiger partial charge >= 0.3 is 6.09 Å². The molecule has 0 saturated carbocycles. The number of aliphatic hydroxyl groups is 1. The molecule has 1 fully saturated rings. The Hall–Kier alpha value is -0.770. The molecular weight excluding hydrogens is 230 g/mol. The first-order valence-electron chi connectivity index (χ1n) is 6.81. The van der Waals surface area contributed by atoms with Crippen molar-refractivity contribution in [3.05, 3.63) is 0 Å². The lowest BCUT2D eigenvalue weighted by atomic mass is 9.89. The number of hydrogen-bond acceptors (Lipinski definition) is 3. The summed E-state index contributed by atoms with van der Waals surface area (Å²) in [6, 6.07) is 0. The number of carbonyl (C=O) groups is 1. The first kappa shape index (κ1) is 15.3. The van der Waals surface area contributed by atoms with Crippen LogP contribution in [0.4, 0.5) is 4.79 Å². The average molecular weight is 257 g/mol. The van der Waals surface area contributed by atoms with E-state index in [0.717, 1.165) is 6.42 Å². The van der Waals surface area contributed by atoms with Crippen molar-refractivity contribution >= 4 is 6.09 Å². The highest BCUT2D eigenvalue weighted by Gasteiger charge is 2.36. The van der Waals surface area contributed by atoms with E-state index in [1.165, 1.54) is 0 Å². The third kappa shape index (κ3) is 4.48. The van der Waals surface area contributed by atoms with E-state index in [-0.39, 0.29) is 18.6 Å². The molecule has 106 valence electrons. The van der Waals surface area contributed by atoms with E-state index in [1.54, 1.807) is 4.90 Å².